The van der Waals surface area contributed by atoms with Gasteiger partial charge in [-0.2, -0.15) is 0 Å². The van der Waals surface area contributed by atoms with Crippen LogP contribution in [0, 0.1) is 0 Å². The van der Waals surface area contributed by atoms with Gasteiger partial charge in [-0.05, 0) is 25.1 Å². The quantitative estimate of drug-likeness (QED) is 0.718. The highest BCUT2D eigenvalue weighted by Gasteiger charge is 2.18. The Morgan fingerprint density at radius 1 is 0.964 bits per heavy atom. The predicted molar refractivity (Wildman–Crippen MR) is 115 cm³/mol. The van der Waals surface area contributed by atoms with Crippen LogP contribution in [0.4, 0.5) is 5.69 Å². The molecule has 0 radical (unpaired) electrons. The molecular weight excluding hydrogens is 348 g/mol. The van der Waals surface area contributed by atoms with Crippen molar-refractivity contribution in [2.45, 2.75) is 13.5 Å². The monoisotopic (exact) mass is 376 g/mol. The molecule has 0 aliphatic carbocycles. The van der Waals surface area contributed by atoms with Crippen molar-refractivity contribution in [3.63, 3.8) is 0 Å². The molecule has 1 aromatic heterocycles. The molecule has 2 heterocycles. The van der Waals surface area contributed by atoms with Gasteiger partial charge in [0.1, 0.15) is 0 Å². The van der Waals surface area contributed by atoms with Crippen LogP contribution >= 0.6 is 0 Å². The van der Waals surface area contributed by atoms with E-state index in [1.165, 1.54) is 5.69 Å². The number of aryl methyl sites for hydroxylation is 1. The number of para-hydroxylation sites is 2. The Morgan fingerprint density at radius 2 is 1.68 bits per heavy atom. The Labute approximate surface area is 166 Å². The van der Waals surface area contributed by atoms with Crippen LogP contribution in [-0.2, 0) is 6.54 Å². The topological polar surface area (TPSA) is 40.5 Å². The fourth-order valence-corrected chi connectivity index (χ4v) is 3.98. The fourth-order valence-electron chi connectivity index (χ4n) is 3.98. The highest BCUT2D eigenvalue weighted by molar-refractivity contribution is 6.07. The molecule has 1 aliphatic rings. The van der Waals surface area contributed by atoms with E-state index in [1.54, 1.807) is 0 Å². The first-order chi connectivity index (χ1) is 13.8. The lowest BCUT2D eigenvalue weighted by Crippen LogP contribution is -2.48. The van der Waals surface area contributed by atoms with Gasteiger partial charge < -0.3 is 14.8 Å². The molecule has 5 nitrogen and oxygen atoms in total. The SMILES string of the molecule is CCn1cc(C(=O)NCCN2CCN(c3ccccc3)CC2)c2ccccc21. The minimum absolute atomic E-state index is 0.0197. The molecule has 4 rings (SSSR count). The molecule has 0 spiro atoms. The average Bonchev–Trinajstić information content (AvgIpc) is 3.14. The zero-order chi connectivity index (χ0) is 19.3. The summed E-state index contributed by atoms with van der Waals surface area (Å²) < 4.78 is 2.13. The molecule has 1 amide bonds. The highest BCUT2D eigenvalue weighted by Crippen LogP contribution is 2.21. The third-order valence-electron chi connectivity index (χ3n) is 5.58. The van der Waals surface area contributed by atoms with Crippen LogP contribution < -0.4 is 10.2 Å². The number of piperazine rings is 1. The van der Waals surface area contributed by atoms with E-state index < -0.39 is 0 Å². The summed E-state index contributed by atoms with van der Waals surface area (Å²) in [5.74, 6) is 0.0197. The second-order valence-electron chi connectivity index (χ2n) is 7.27. The van der Waals surface area contributed by atoms with E-state index >= 15 is 0 Å². The van der Waals surface area contributed by atoms with Crippen molar-refractivity contribution in [2.24, 2.45) is 0 Å². The highest BCUT2D eigenvalue weighted by atomic mass is 16.1. The van der Waals surface area contributed by atoms with E-state index in [0.29, 0.717) is 6.54 Å². The first-order valence-corrected chi connectivity index (χ1v) is 10.1. The van der Waals surface area contributed by atoms with E-state index in [9.17, 15) is 4.79 Å². The molecule has 0 unspecified atom stereocenters. The number of fused-ring (bicyclic) bond motifs is 1. The van der Waals surface area contributed by atoms with Crippen molar-refractivity contribution >= 4 is 22.5 Å². The van der Waals surface area contributed by atoms with Crippen LogP contribution in [0.15, 0.2) is 60.8 Å². The summed E-state index contributed by atoms with van der Waals surface area (Å²) in [6.45, 7) is 8.64. The predicted octanol–water partition coefficient (Wildman–Crippen LogP) is 3.21. The number of hydrogen-bond acceptors (Lipinski definition) is 3. The maximum atomic E-state index is 12.7. The molecule has 0 saturated carbocycles. The Bertz CT molecular complexity index is 926. The molecule has 1 N–H and O–H groups in total. The minimum Gasteiger partial charge on any atom is -0.369 e. The number of anilines is 1. The Balaban J connectivity index is 1.29. The van der Waals surface area contributed by atoms with Crippen LogP contribution in [0.5, 0.6) is 0 Å². The van der Waals surface area contributed by atoms with Crippen molar-refractivity contribution in [2.75, 3.05) is 44.2 Å². The molecule has 28 heavy (non-hydrogen) atoms. The summed E-state index contributed by atoms with van der Waals surface area (Å²) in [5, 5.41) is 4.14. The summed E-state index contributed by atoms with van der Waals surface area (Å²) in [6.07, 6.45) is 1.97. The second-order valence-corrected chi connectivity index (χ2v) is 7.27. The van der Waals surface area contributed by atoms with Crippen LogP contribution in [0.25, 0.3) is 10.9 Å². The van der Waals surface area contributed by atoms with Gasteiger partial charge in [-0.3, -0.25) is 9.69 Å². The van der Waals surface area contributed by atoms with E-state index in [2.05, 4.69) is 63.0 Å². The fraction of sp³-hybridized carbons (Fsp3) is 0.348. The summed E-state index contributed by atoms with van der Waals surface area (Å²) in [7, 11) is 0. The maximum Gasteiger partial charge on any atom is 0.253 e. The molecule has 0 bridgehead atoms. The third kappa shape index (κ3) is 3.90. The summed E-state index contributed by atoms with van der Waals surface area (Å²) in [5.41, 5.74) is 3.18. The normalized spacial score (nSPS) is 15.1. The van der Waals surface area contributed by atoms with Crippen molar-refractivity contribution in [1.29, 1.82) is 0 Å². The maximum absolute atomic E-state index is 12.7. The second kappa shape index (κ2) is 8.48. The standard InChI is InChI=1S/C23H28N4O/c1-2-26-18-21(20-10-6-7-11-22(20)26)23(28)24-12-13-25-14-16-27(17-15-25)19-8-4-3-5-9-19/h3-11,18H,2,12-17H2,1H3,(H,24,28). The van der Waals surface area contributed by atoms with Gasteiger partial charge in [0.15, 0.2) is 0 Å². The largest absolute Gasteiger partial charge is 0.369 e. The van der Waals surface area contributed by atoms with Gasteiger partial charge >= 0.3 is 0 Å². The van der Waals surface area contributed by atoms with Gasteiger partial charge in [0.05, 0.1) is 5.56 Å². The molecule has 1 fully saturated rings. The number of rotatable bonds is 6. The first kappa shape index (κ1) is 18.6. The molecule has 3 aromatic rings. The number of nitrogens with zero attached hydrogens (tertiary/aromatic N) is 3. The van der Waals surface area contributed by atoms with Crippen molar-refractivity contribution in [1.82, 2.24) is 14.8 Å². The number of carbonyl (C=O) groups excluding carboxylic acids is 1. The first-order valence-electron chi connectivity index (χ1n) is 10.1. The molecule has 2 aromatic carbocycles. The molecular formula is C23H28N4O. The van der Waals surface area contributed by atoms with Crippen LogP contribution in [-0.4, -0.2) is 54.6 Å². The third-order valence-corrected chi connectivity index (χ3v) is 5.58. The van der Waals surface area contributed by atoms with Gasteiger partial charge in [-0.1, -0.05) is 36.4 Å². The number of carbonyl (C=O) groups is 1. The molecule has 0 atom stereocenters. The van der Waals surface area contributed by atoms with Gasteiger partial charge in [-0.25, -0.2) is 0 Å². The number of aromatic nitrogens is 1. The Hall–Kier alpha value is -2.79. The average molecular weight is 377 g/mol. The smallest absolute Gasteiger partial charge is 0.253 e. The summed E-state index contributed by atoms with van der Waals surface area (Å²) >= 11 is 0. The lowest BCUT2D eigenvalue weighted by molar-refractivity contribution is 0.0949. The Kier molecular flexibility index (Phi) is 5.63. The number of nitrogens with one attached hydrogen (secondary N) is 1. The Morgan fingerprint density at radius 3 is 2.43 bits per heavy atom. The number of hydrogen-bond donors (Lipinski definition) is 1. The molecule has 5 heteroatoms. The number of benzene rings is 2. The van der Waals surface area contributed by atoms with Crippen molar-refractivity contribution < 1.29 is 4.79 Å². The molecule has 1 aliphatic heterocycles. The van der Waals surface area contributed by atoms with Gasteiger partial charge in [-0.15, -0.1) is 0 Å². The van der Waals surface area contributed by atoms with Crippen LogP contribution in [0.3, 0.4) is 0 Å². The zero-order valence-electron chi connectivity index (χ0n) is 16.5. The van der Waals surface area contributed by atoms with Gasteiger partial charge in [0, 0.05) is 68.6 Å². The van der Waals surface area contributed by atoms with Gasteiger partial charge in [0.25, 0.3) is 5.91 Å². The van der Waals surface area contributed by atoms with Crippen LogP contribution in [0.2, 0.25) is 0 Å². The zero-order valence-corrected chi connectivity index (χ0v) is 16.5. The van der Waals surface area contributed by atoms with Crippen molar-refractivity contribution in [3.8, 4) is 0 Å². The minimum atomic E-state index is 0.0197. The summed E-state index contributed by atoms with van der Waals surface area (Å²) in [4.78, 5) is 17.6. The van der Waals surface area contributed by atoms with Gasteiger partial charge in [0.2, 0.25) is 0 Å². The van der Waals surface area contributed by atoms with Crippen LogP contribution in [0.1, 0.15) is 17.3 Å². The van der Waals surface area contributed by atoms with E-state index in [4.69, 9.17) is 0 Å². The lowest BCUT2D eigenvalue weighted by Gasteiger charge is -2.36. The lowest BCUT2D eigenvalue weighted by atomic mass is 10.1. The molecule has 146 valence electrons. The van der Waals surface area contributed by atoms with E-state index in [0.717, 1.165) is 55.7 Å². The van der Waals surface area contributed by atoms with E-state index in [1.807, 2.05) is 24.4 Å². The summed E-state index contributed by atoms with van der Waals surface area (Å²) in [6, 6.07) is 18.7. The van der Waals surface area contributed by atoms with E-state index in [-0.39, 0.29) is 5.91 Å². The van der Waals surface area contributed by atoms with Crippen molar-refractivity contribution in [3.05, 3.63) is 66.4 Å². The number of amides is 1. The molecule has 1 saturated heterocycles.